The van der Waals surface area contributed by atoms with Crippen molar-refractivity contribution in [2.24, 2.45) is 0 Å². The lowest BCUT2D eigenvalue weighted by molar-refractivity contribution is -0.114. The number of carboxylic acid groups (broad SMARTS) is 1. The van der Waals surface area contributed by atoms with Gasteiger partial charge in [0.25, 0.3) is 10.0 Å². The molecule has 2 N–H and O–H groups in total. The second-order valence-electron chi connectivity index (χ2n) is 5.06. The van der Waals surface area contributed by atoms with Gasteiger partial charge in [0.15, 0.2) is 5.82 Å². The highest BCUT2D eigenvalue weighted by Gasteiger charge is 2.28. The summed E-state index contributed by atoms with van der Waals surface area (Å²) in [6, 6.07) is 8.31. The summed E-state index contributed by atoms with van der Waals surface area (Å²) >= 11 is 0. The molecule has 0 bridgehead atoms. The fourth-order valence-corrected chi connectivity index (χ4v) is 3.68. The molecule has 25 heavy (non-hydrogen) atoms. The fraction of sp³-hybridized carbons (Fsp3) is 0.188. The second-order valence-corrected chi connectivity index (χ2v) is 6.92. The monoisotopic (exact) mass is 363 g/mol. The number of carbonyl (C=O) groups excluding carboxylic acids is 1. The van der Waals surface area contributed by atoms with Crippen LogP contribution in [0.15, 0.2) is 47.5 Å². The molecular weight excluding hydrogens is 346 g/mol. The molecule has 0 aliphatic carbocycles. The van der Waals surface area contributed by atoms with Crippen molar-refractivity contribution >= 4 is 33.4 Å². The number of anilines is 2. The van der Waals surface area contributed by atoms with Gasteiger partial charge in [-0.3, -0.25) is 4.79 Å². The van der Waals surface area contributed by atoms with Gasteiger partial charge in [0.05, 0.1) is 4.90 Å². The van der Waals surface area contributed by atoms with Crippen LogP contribution < -0.4 is 9.62 Å². The molecule has 0 unspecified atom stereocenters. The van der Waals surface area contributed by atoms with E-state index >= 15 is 0 Å². The smallest absolute Gasteiger partial charge is 0.339 e. The largest absolute Gasteiger partial charge is 0.478 e. The highest BCUT2D eigenvalue weighted by Crippen LogP contribution is 2.25. The van der Waals surface area contributed by atoms with E-state index in [1.165, 1.54) is 49.5 Å². The summed E-state index contributed by atoms with van der Waals surface area (Å²) < 4.78 is 26.7. The van der Waals surface area contributed by atoms with Gasteiger partial charge in [-0.2, -0.15) is 0 Å². The number of hydrogen-bond acceptors (Lipinski definition) is 5. The summed E-state index contributed by atoms with van der Waals surface area (Å²) in [7, 11) is -4.01. The number of sulfonamides is 1. The number of nitrogens with zero attached hydrogens (tertiary/aromatic N) is 2. The summed E-state index contributed by atoms with van der Waals surface area (Å²) in [6.45, 7) is 2.94. The Labute approximate surface area is 145 Å². The number of amides is 1. The fourth-order valence-electron chi connectivity index (χ4n) is 2.24. The van der Waals surface area contributed by atoms with Crippen LogP contribution in [0.25, 0.3) is 0 Å². The van der Waals surface area contributed by atoms with Crippen molar-refractivity contribution in [2.45, 2.75) is 18.7 Å². The van der Waals surface area contributed by atoms with Gasteiger partial charge in [-0.25, -0.2) is 22.5 Å². The summed E-state index contributed by atoms with van der Waals surface area (Å²) in [6.07, 6.45) is 1.33. The lowest BCUT2D eigenvalue weighted by atomic mass is 10.2. The molecule has 1 aromatic heterocycles. The van der Waals surface area contributed by atoms with Crippen LogP contribution in [0.3, 0.4) is 0 Å². The molecule has 2 rings (SSSR count). The molecule has 0 radical (unpaired) electrons. The van der Waals surface area contributed by atoms with Crippen molar-refractivity contribution < 1.29 is 23.1 Å². The molecule has 0 atom stereocenters. The zero-order chi connectivity index (χ0) is 18.6. The SMILES string of the molecule is CCN(c1ncccc1C(=O)O)S(=O)(=O)c1ccc(NC(C)=O)cc1. The molecule has 132 valence electrons. The molecule has 8 nitrogen and oxygen atoms in total. The number of nitrogens with one attached hydrogen (secondary N) is 1. The first-order chi connectivity index (χ1) is 11.8. The Balaban J connectivity index is 2.46. The van der Waals surface area contributed by atoms with Gasteiger partial charge in [0.1, 0.15) is 5.56 Å². The number of carbonyl (C=O) groups is 2. The molecule has 0 spiro atoms. The van der Waals surface area contributed by atoms with Crippen molar-refractivity contribution in [1.29, 1.82) is 0 Å². The maximum Gasteiger partial charge on any atom is 0.339 e. The zero-order valence-electron chi connectivity index (χ0n) is 13.6. The first-order valence-electron chi connectivity index (χ1n) is 7.36. The topological polar surface area (TPSA) is 117 Å². The van der Waals surface area contributed by atoms with Gasteiger partial charge in [-0.05, 0) is 43.3 Å². The minimum absolute atomic E-state index is 0.00702. The number of carboxylic acids is 1. The Morgan fingerprint density at radius 2 is 1.84 bits per heavy atom. The van der Waals surface area contributed by atoms with Crippen molar-refractivity contribution in [3.8, 4) is 0 Å². The number of rotatable bonds is 6. The molecule has 0 saturated carbocycles. The summed E-state index contributed by atoms with van der Waals surface area (Å²) in [4.78, 5) is 26.3. The molecular formula is C16H17N3O5S. The van der Waals surface area contributed by atoms with E-state index in [9.17, 15) is 23.1 Å². The second kappa shape index (κ2) is 7.31. The first-order valence-corrected chi connectivity index (χ1v) is 8.80. The maximum absolute atomic E-state index is 12.9. The van der Waals surface area contributed by atoms with E-state index < -0.39 is 16.0 Å². The average Bonchev–Trinajstić information content (AvgIpc) is 2.55. The van der Waals surface area contributed by atoms with E-state index in [2.05, 4.69) is 10.3 Å². The van der Waals surface area contributed by atoms with Gasteiger partial charge >= 0.3 is 5.97 Å². The van der Waals surface area contributed by atoms with Crippen molar-refractivity contribution in [1.82, 2.24) is 4.98 Å². The van der Waals surface area contributed by atoms with Crippen LogP contribution >= 0.6 is 0 Å². The Hall–Kier alpha value is -2.94. The molecule has 0 aliphatic heterocycles. The van der Waals surface area contributed by atoms with Crippen molar-refractivity contribution in [2.75, 3.05) is 16.2 Å². The molecule has 1 aromatic carbocycles. The number of benzene rings is 1. The Kier molecular flexibility index (Phi) is 5.38. The summed E-state index contributed by atoms with van der Waals surface area (Å²) in [5, 5.41) is 11.8. The Morgan fingerprint density at radius 1 is 1.20 bits per heavy atom. The lowest BCUT2D eigenvalue weighted by Gasteiger charge is -2.23. The number of hydrogen-bond donors (Lipinski definition) is 2. The van der Waals surface area contributed by atoms with Crippen LogP contribution in [0.2, 0.25) is 0 Å². The number of aromatic nitrogens is 1. The number of pyridine rings is 1. The Morgan fingerprint density at radius 3 is 2.36 bits per heavy atom. The third-order valence-corrected chi connectivity index (χ3v) is 5.18. The predicted molar refractivity (Wildman–Crippen MR) is 92.1 cm³/mol. The van der Waals surface area contributed by atoms with E-state index in [1.54, 1.807) is 6.92 Å². The first kappa shape index (κ1) is 18.4. The van der Waals surface area contributed by atoms with E-state index in [1.807, 2.05) is 0 Å². The van der Waals surface area contributed by atoms with Crippen LogP contribution in [0.5, 0.6) is 0 Å². The van der Waals surface area contributed by atoms with Crippen molar-refractivity contribution in [3.63, 3.8) is 0 Å². The third-order valence-electron chi connectivity index (χ3n) is 3.30. The quantitative estimate of drug-likeness (QED) is 0.810. The molecule has 2 aromatic rings. The lowest BCUT2D eigenvalue weighted by Crippen LogP contribution is -2.33. The van der Waals surface area contributed by atoms with Crippen LogP contribution in [0, 0.1) is 0 Å². The molecule has 0 aliphatic rings. The van der Waals surface area contributed by atoms with E-state index in [4.69, 9.17) is 0 Å². The standard InChI is InChI=1S/C16H17N3O5S/c1-3-19(15-14(16(21)22)5-4-10-17-15)25(23,24)13-8-6-12(7-9-13)18-11(2)20/h4-10H,3H2,1-2H3,(H,18,20)(H,21,22). The average molecular weight is 363 g/mol. The van der Waals surface area contributed by atoms with Gasteiger partial charge in [0.2, 0.25) is 5.91 Å². The summed E-state index contributed by atoms with van der Waals surface area (Å²) in [5.74, 6) is -1.69. The van der Waals surface area contributed by atoms with Crippen LogP contribution in [0.1, 0.15) is 24.2 Å². The molecule has 0 fully saturated rings. The highest BCUT2D eigenvalue weighted by molar-refractivity contribution is 7.92. The normalized spacial score (nSPS) is 11.0. The van der Waals surface area contributed by atoms with Crippen LogP contribution in [-0.4, -0.2) is 36.9 Å². The Bertz CT molecular complexity index is 894. The predicted octanol–water partition coefficient (Wildman–Crippen LogP) is 1.95. The minimum atomic E-state index is -4.01. The maximum atomic E-state index is 12.9. The zero-order valence-corrected chi connectivity index (χ0v) is 14.4. The van der Waals surface area contributed by atoms with Gasteiger partial charge in [0, 0.05) is 25.4 Å². The van der Waals surface area contributed by atoms with E-state index in [0.29, 0.717) is 5.69 Å². The molecule has 1 amide bonds. The minimum Gasteiger partial charge on any atom is -0.478 e. The number of aromatic carboxylic acids is 1. The van der Waals surface area contributed by atoms with Crippen LogP contribution in [-0.2, 0) is 14.8 Å². The van der Waals surface area contributed by atoms with E-state index in [0.717, 1.165) is 4.31 Å². The van der Waals surface area contributed by atoms with Gasteiger partial charge < -0.3 is 10.4 Å². The summed E-state index contributed by atoms with van der Waals surface area (Å²) in [5.41, 5.74) is 0.251. The van der Waals surface area contributed by atoms with Crippen molar-refractivity contribution in [3.05, 3.63) is 48.2 Å². The van der Waals surface area contributed by atoms with Gasteiger partial charge in [-0.1, -0.05) is 0 Å². The third kappa shape index (κ3) is 3.94. The molecule has 9 heteroatoms. The molecule has 0 saturated heterocycles. The highest BCUT2D eigenvalue weighted by atomic mass is 32.2. The van der Waals surface area contributed by atoms with Gasteiger partial charge in [-0.15, -0.1) is 0 Å². The van der Waals surface area contributed by atoms with E-state index in [-0.39, 0.29) is 28.7 Å². The van der Waals surface area contributed by atoms with Crippen LogP contribution in [0.4, 0.5) is 11.5 Å². The molecule has 1 heterocycles.